The van der Waals surface area contributed by atoms with Crippen molar-refractivity contribution in [1.29, 1.82) is 5.26 Å². The number of hydrogen-bond acceptors (Lipinski definition) is 12. The molecule has 0 saturated carbocycles. The van der Waals surface area contributed by atoms with Crippen molar-refractivity contribution in [2.45, 2.75) is 71.2 Å². The number of rotatable bonds is 13. The van der Waals surface area contributed by atoms with E-state index in [1.165, 1.54) is 24.2 Å². The molecule has 0 radical (unpaired) electrons. The van der Waals surface area contributed by atoms with E-state index in [2.05, 4.69) is 15.3 Å². The molecule has 15 nitrogen and oxygen atoms in total. The maximum absolute atomic E-state index is 13.0. The standard InChI is InChI=1S/C28H36N7O8P/c1-17(2)35(18(3)4)44(41-13-7-12-29)43-23-14-24(42-27(23)40-6)33-15-21(25(36)30-28(33)38)22-16-34(32-31-22)20-10-8-19(9-11-20)26(37)39-5/h8-11,15-18,23-24,27H,7,13-14H2,1-6H3,(H,30,36,38)/i6TD. The number of esters is 1. The molecular weight excluding hydrogens is 593 g/mol. The summed E-state index contributed by atoms with van der Waals surface area (Å²) in [7, 11) is -2.17. The Hall–Kier alpha value is -3.77. The molecule has 2 aromatic heterocycles. The summed E-state index contributed by atoms with van der Waals surface area (Å²) in [6, 6.07) is 8.44. The number of hydrogen-bond donors (Lipinski definition) is 1. The molecule has 1 N–H and O–H groups in total. The number of benzene rings is 1. The first-order chi connectivity index (χ1) is 21.9. The lowest BCUT2D eigenvalue weighted by Gasteiger charge is -2.37. The van der Waals surface area contributed by atoms with Gasteiger partial charge < -0.3 is 23.3 Å². The molecule has 0 amide bonds. The molecule has 44 heavy (non-hydrogen) atoms. The van der Waals surface area contributed by atoms with Crippen LogP contribution in [-0.2, 0) is 23.3 Å². The fraction of sp³-hybridized carbons (Fsp3) is 0.500. The van der Waals surface area contributed by atoms with Gasteiger partial charge in [0.15, 0.2) is 6.29 Å². The number of aromatic nitrogens is 5. The van der Waals surface area contributed by atoms with Gasteiger partial charge in [0.25, 0.3) is 14.1 Å². The minimum atomic E-state index is -1.74. The minimum Gasteiger partial charge on any atom is -0.465 e. The summed E-state index contributed by atoms with van der Waals surface area (Å²) < 4.78 is 48.3. The fourth-order valence-electron chi connectivity index (χ4n) is 4.67. The highest BCUT2D eigenvalue weighted by molar-refractivity contribution is 7.44. The van der Waals surface area contributed by atoms with Gasteiger partial charge in [-0.05, 0) is 52.0 Å². The van der Waals surface area contributed by atoms with E-state index in [1.807, 2.05) is 38.4 Å². The van der Waals surface area contributed by atoms with Gasteiger partial charge in [0.05, 0.1) is 52.0 Å². The molecule has 3 aromatic rings. The topological polar surface area (TPSA) is 176 Å². The molecule has 16 heteroatoms. The number of carbonyl (C=O) groups excluding carboxylic acids is 1. The van der Waals surface area contributed by atoms with Crippen LogP contribution in [-0.4, -0.2) is 80.4 Å². The Kier molecular flexibility index (Phi) is 10.2. The normalized spacial score (nSPS) is 20.4. The van der Waals surface area contributed by atoms with Gasteiger partial charge in [-0.15, -0.1) is 5.10 Å². The number of ether oxygens (including phenoxy) is 3. The van der Waals surface area contributed by atoms with Gasteiger partial charge in [0, 0.05) is 31.8 Å². The van der Waals surface area contributed by atoms with Crippen LogP contribution < -0.4 is 11.2 Å². The number of nitrogens with one attached hydrogen (secondary N) is 1. The molecule has 1 fully saturated rings. The molecular formula is C28H36N7O8P. The quantitative estimate of drug-likeness (QED) is 0.166. The summed E-state index contributed by atoms with van der Waals surface area (Å²) in [5, 5.41) is 17.2. The minimum absolute atomic E-state index is 0.00867. The molecule has 1 aromatic carbocycles. The molecule has 236 valence electrons. The van der Waals surface area contributed by atoms with E-state index in [-0.39, 0.29) is 42.8 Å². The van der Waals surface area contributed by atoms with Crippen LogP contribution in [0.15, 0.2) is 46.2 Å². The Morgan fingerprint density at radius 3 is 2.66 bits per heavy atom. The zero-order chi connectivity index (χ0) is 33.5. The third kappa shape index (κ3) is 7.47. The summed E-state index contributed by atoms with van der Waals surface area (Å²) in [4.78, 5) is 39.9. The first-order valence-corrected chi connectivity index (χ1v) is 14.9. The van der Waals surface area contributed by atoms with Gasteiger partial charge >= 0.3 is 11.7 Å². The summed E-state index contributed by atoms with van der Waals surface area (Å²) in [5.74, 6) is -0.490. The van der Waals surface area contributed by atoms with Gasteiger partial charge in [-0.2, -0.15) is 5.26 Å². The van der Waals surface area contributed by atoms with Gasteiger partial charge in [0.1, 0.15) is 18.0 Å². The summed E-state index contributed by atoms with van der Waals surface area (Å²) in [5.41, 5.74) is -0.391. The molecule has 5 unspecified atom stereocenters. The monoisotopic (exact) mass is 632 g/mol. The van der Waals surface area contributed by atoms with E-state index in [0.29, 0.717) is 11.3 Å². The lowest BCUT2D eigenvalue weighted by Crippen LogP contribution is -2.36. The zero-order valence-electron chi connectivity index (χ0n) is 26.9. The van der Waals surface area contributed by atoms with Crippen LogP contribution in [0.4, 0.5) is 0 Å². The van der Waals surface area contributed by atoms with Crippen LogP contribution in [0.1, 0.15) is 59.9 Å². The number of nitriles is 1. The first kappa shape index (κ1) is 30.3. The Morgan fingerprint density at radius 2 is 2.02 bits per heavy atom. The van der Waals surface area contributed by atoms with Crippen LogP contribution in [0.3, 0.4) is 0 Å². The fourth-order valence-corrected chi connectivity index (χ4v) is 6.39. The third-order valence-electron chi connectivity index (χ3n) is 6.65. The van der Waals surface area contributed by atoms with E-state index in [0.717, 1.165) is 4.57 Å². The van der Waals surface area contributed by atoms with E-state index in [4.69, 9.17) is 31.3 Å². The smallest absolute Gasteiger partial charge is 0.337 e. The lowest BCUT2D eigenvalue weighted by molar-refractivity contribution is -0.158. The van der Waals surface area contributed by atoms with E-state index >= 15 is 0 Å². The highest BCUT2D eigenvalue weighted by Gasteiger charge is 2.42. The second-order valence-corrected chi connectivity index (χ2v) is 11.7. The van der Waals surface area contributed by atoms with Crippen molar-refractivity contribution in [3.8, 4) is 23.0 Å². The second-order valence-electron chi connectivity index (χ2n) is 10.3. The predicted octanol–water partition coefficient (Wildman–Crippen LogP) is 3.12. The number of methoxy groups -OCH3 is 2. The predicted molar refractivity (Wildman–Crippen MR) is 159 cm³/mol. The molecule has 1 saturated heterocycles. The average Bonchev–Trinajstić information content (AvgIpc) is 3.64. The Bertz CT molecular complexity index is 1630. The van der Waals surface area contributed by atoms with Crippen LogP contribution in [0, 0.1) is 11.3 Å². The molecule has 3 heterocycles. The second kappa shape index (κ2) is 14.8. The number of H-pyrrole nitrogens is 1. The summed E-state index contributed by atoms with van der Waals surface area (Å²) in [6.07, 6.45) is -0.120. The summed E-state index contributed by atoms with van der Waals surface area (Å²) in [6.45, 7) is 8.04. The van der Waals surface area contributed by atoms with Crippen LogP contribution in [0.25, 0.3) is 16.9 Å². The molecule has 1 aliphatic rings. The first-order valence-electron chi connectivity index (χ1n) is 15.0. The van der Waals surface area contributed by atoms with Crippen molar-refractivity contribution >= 4 is 14.5 Å². The maximum atomic E-state index is 13.0. The molecule has 0 bridgehead atoms. The zero-order valence-corrected chi connectivity index (χ0v) is 25.8. The highest BCUT2D eigenvalue weighted by Crippen LogP contribution is 2.50. The number of nitrogens with zero attached hydrogens (tertiary/aromatic N) is 6. The maximum Gasteiger partial charge on any atom is 0.337 e. The van der Waals surface area contributed by atoms with Gasteiger partial charge in [-0.25, -0.2) is 18.9 Å². The van der Waals surface area contributed by atoms with E-state index in [9.17, 15) is 14.4 Å². The molecule has 1 aliphatic heterocycles. The Labute approximate surface area is 258 Å². The molecule has 5 atom stereocenters. The van der Waals surface area contributed by atoms with Crippen molar-refractivity contribution in [2.24, 2.45) is 0 Å². The van der Waals surface area contributed by atoms with Crippen LogP contribution in [0.5, 0.6) is 0 Å². The van der Waals surface area contributed by atoms with Crippen molar-refractivity contribution in [2.75, 3.05) is 20.8 Å². The van der Waals surface area contributed by atoms with Crippen molar-refractivity contribution in [3.05, 3.63) is 63.1 Å². The van der Waals surface area contributed by atoms with Gasteiger partial charge in [-0.3, -0.25) is 14.3 Å². The van der Waals surface area contributed by atoms with Crippen molar-refractivity contribution in [1.82, 2.24) is 29.2 Å². The number of aromatic amines is 1. The number of carbonyl (C=O) groups is 1. The van der Waals surface area contributed by atoms with Crippen molar-refractivity contribution in [3.63, 3.8) is 0 Å². The average molecular weight is 633 g/mol. The lowest BCUT2D eigenvalue weighted by atomic mass is 10.2. The van der Waals surface area contributed by atoms with Gasteiger partial charge in [0.2, 0.25) is 0 Å². The molecule has 0 aliphatic carbocycles. The van der Waals surface area contributed by atoms with E-state index < -0.39 is 51.4 Å². The van der Waals surface area contributed by atoms with Crippen molar-refractivity contribution < 1.29 is 30.8 Å². The largest absolute Gasteiger partial charge is 0.465 e. The Morgan fingerprint density at radius 1 is 1.30 bits per heavy atom. The van der Waals surface area contributed by atoms with Gasteiger partial charge in [-0.1, -0.05) is 5.21 Å². The van der Waals surface area contributed by atoms with E-state index in [1.54, 1.807) is 24.3 Å². The Balaban J connectivity index is 1.62. The molecule has 4 rings (SSSR count). The summed E-state index contributed by atoms with van der Waals surface area (Å²) >= 11 is 0. The highest BCUT2D eigenvalue weighted by atomic mass is 31.2. The SMILES string of the molecule is [2H]C([3H])OC1OC(n2cc(-c3cn(-c4ccc(C(=O)OC)cc4)nn3)c(=O)[nH]c2=O)CC1OP(OCCC#N)N(C(C)C)C(C)C. The third-order valence-corrected chi connectivity index (χ3v) is 8.81. The molecule has 0 spiro atoms. The van der Waals surface area contributed by atoms with Crippen LogP contribution in [0.2, 0.25) is 0 Å². The van der Waals surface area contributed by atoms with Crippen LogP contribution >= 0.6 is 8.53 Å².